The van der Waals surface area contributed by atoms with Gasteiger partial charge in [0.05, 0.1) is 5.92 Å². The van der Waals surface area contributed by atoms with Crippen LogP contribution in [0.2, 0.25) is 0 Å². The van der Waals surface area contributed by atoms with E-state index >= 15 is 0 Å². The van der Waals surface area contributed by atoms with E-state index in [0.29, 0.717) is 49.8 Å². The van der Waals surface area contributed by atoms with E-state index in [2.05, 4.69) is 15.5 Å². The van der Waals surface area contributed by atoms with Crippen molar-refractivity contribution in [3.05, 3.63) is 77.7 Å². The van der Waals surface area contributed by atoms with Gasteiger partial charge in [0.2, 0.25) is 11.8 Å². The van der Waals surface area contributed by atoms with Gasteiger partial charge in [-0.25, -0.2) is 4.39 Å². The minimum Gasteiger partial charge on any atom is -0.484 e. The van der Waals surface area contributed by atoms with Gasteiger partial charge in [-0.05, 0) is 55.5 Å². The molecule has 3 atom stereocenters. The summed E-state index contributed by atoms with van der Waals surface area (Å²) in [5.74, 6) is 0.445. The average molecular weight is 521 g/mol. The fourth-order valence-electron chi connectivity index (χ4n) is 5.46. The van der Waals surface area contributed by atoms with Crippen molar-refractivity contribution in [1.29, 1.82) is 0 Å². The number of nitrogens with zero attached hydrogens (tertiary/aromatic N) is 3. The Morgan fingerprint density at radius 2 is 1.84 bits per heavy atom. The molecule has 8 nitrogen and oxygen atoms in total. The Labute approximate surface area is 221 Å². The molecule has 200 valence electrons. The van der Waals surface area contributed by atoms with E-state index in [1.165, 1.54) is 24.3 Å². The Balaban J connectivity index is 1.33. The van der Waals surface area contributed by atoms with Gasteiger partial charge in [0.25, 0.3) is 5.91 Å². The Hall–Kier alpha value is -3.75. The third-order valence-corrected chi connectivity index (χ3v) is 7.43. The lowest BCUT2D eigenvalue weighted by Gasteiger charge is -2.32. The van der Waals surface area contributed by atoms with Gasteiger partial charge in [-0.15, -0.1) is 0 Å². The molecule has 5 rings (SSSR count). The molecule has 0 radical (unpaired) electrons. The number of hydrogen-bond acceptors (Lipinski definition) is 6. The zero-order valence-corrected chi connectivity index (χ0v) is 21.4. The second kappa shape index (κ2) is 12.2. The number of benzene rings is 2. The highest BCUT2D eigenvalue weighted by atomic mass is 19.1. The molecule has 1 saturated carbocycles. The summed E-state index contributed by atoms with van der Waals surface area (Å²) in [7, 11) is 0. The molecule has 0 spiro atoms. The predicted molar refractivity (Wildman–Crippen MR) is 138 cm³/mol. The van der Waals surface area contributed by atoms with Gasteiger partial charge >= 0.3 is 0 Å². The molecule has 2 heterocycles. The SMILES string of the molecule is O=C1NCCCCCCN(C(=O)COc2ccc(F)cc2)C2CC(c3nc(Cc4ccccc4)no3)CC12. The number of halogens is 1. The van der Waals surface area contributed by atoms with Crippen LogP contribution in [0.5, 0.6) is 5.75 Å². The van der Waals surface area contributed by atoms with Crippen molar-refractivity contribution in [3.63, 3.8) is 0 Å². The van der Waals surface area contributed by atoms with Crippen molar-refractivity contribution >= 4 is 11.8 Å². The smallest absolute Gasteiger partial charge is 0.260 e. The minimum absolute atomic E-state index is 0.0410. The third-order valence-electron chi connectivity index (χ3n) is 7.43. The number of nitrogens with one attached hydrogen (secondary N) is 1. The number of hydrogen-bond donors (Lipinski definition) is 1. The van der Waals surface area contributed by atoms with Crippen LogP contribution in [0.4, 0.5) is 4.39 Å². The van der Waals surface area contributed by atoms with Crippen LogP contribution in [0, 0.1) is 11.7 Å². The Morgan fingerprint density at radius 3 is 2.66 bits per heavy atom. The molecular formula is C29H33FN4O4. The van der Waals surface area contributed by atoms with Crippen LogP contribution in [0.3, 0.4) is 0 Å². The van der Waals surface area contributed by atoms with E-state index < -0.39 is 0 Å². The van der Waals surface area contributed by atoms with Crippen molar-refractivity contribution in [2.45, 2.75) is 56.9 Å². The van der Waals surface area contributed by atoms with E-state index in [9.17, 15) is 14.0 Å². The summed E-state index contributed by atoms with van der Waals surface area (Å²) in [5.41, 5.74) is 1.09. The predicted octanol–water partition coefficient (Wildman–Crippen LogP) is 4.26. The molecule has 2 aliphatic rings. The second-order valence-corrected chi connectivity index (χ2v) is 10.1. The maximum atomic E-state index is 13.4. The molecular weight excluding hydrogens is 487 g/mol. The molecule has 1 aliphatic carbocycles. The summed E-state index contributed by atoms with van der Waals surface area (Å²) in [6.45, 7) is 1.01. The summed E-state index contributed by atoms with van der Waals surface area (Å²) in [6, 6.07) is 15.2. The summed E-state index contributed by atoms with van der Waals surface area (Å²) in [5, 5.41) is 7.25. The highest BCUT2D eigenvalue weighted by Crippen LogP contribution is 2.41. The summed E-state index contributed by atoms with van der Waals surface area (Å²) < 4.78 is 24.6. The average Bonchev–Trinajstić information content (AvgIpc) is 3.57. The summed E-state index contributed by atoms with van der Waals surface area (Å²) >= 11 is 0. The number of ether oxygens (including phenoxy) is 1. The van der Waals surface area contributed by atoms with Crippen LogP contribution in [0.25, 0.3) is 0 Å². The minimum atomic E-state index is -0.377. The van der Waals surface area contributed by atoms with E-state index in [1.807, 2.05) is 30.3 Å². The molecule has 2 aromatic carbocycles. The standard InChI is InChI=1S/C29H33FN4O4/c30-22-10-12-23(13-11-22)37-19-27(35)34-15-7-2-1-6-14-31-28(36)24-17-21(18-25(24)34)29-32-26(33-38-29)16-20-8-4-3-5-9-20/h3-5,8-13,21,24-25H,1-2,6-7,14-19H2,(H,31,36). The number of amides is 2. The number of rotatable bonds is 6. The second-order valence-electron chi connectivity index (χ2n) is 10.1. The fourth-order valence-corrected chi connectivity index (χ4v) is 5.46. The fraction of sp³-hybridized carbons (Fsp3) is 0.448. The molecule has 0 bridgehead atoms. The van der Waals surface area contributed by atoms with Gasteiger partial charge in [-0.3, -0.25) is 9.59 Å². The summed E-state index contributed by atoms with van der Waals surface area (Å²) in [6.07, 6.45) is 5.41. The molecule has 1 N–H and O–H groups in total. The molecule has 2 fully saturated rings. The van der Waals surface area contributed by atoms with Crippen LogP contribution < -0.4 is 10.1 Å². The van der Waals surface area contributed by atoms with Crippen molar-refractivity contribution in [1.82, 2.24) is 20.4 Å². The zero-order chi connectivity index (χ0) is 26.3. The van der Waals surface area contributed by atoms with Gasteiger partial charge in [-0.1, -0.05) is 48.3 Å². The zero-order valence-electron chi connectivity index (χ0n) is 21.4. The molecule has 1 aliphatic heterocycles. The quantitative estimate of drug-likeness (QED) is 0.522. The van der Waals surface area contributed by atoms with Crippen molar-refractivity contribution in [2.75, 3.05) is 19.7 Å². The lowest BCUT2D eigenvalue weighted by atomic mass is 10.00. The highest BCUT2D eigenvalue weighted by molar-refractivity contribution is 5.83. The first-order chi connectivity index (χ1) is 18.6. The monoisotopic (exact) mass is 520 g/mol. The van der Waals surface area contributed by atoms with E-state index in [4.69, 9.17) is 9.26 Å². The van der Waals surface area contributed by atoms with Crippen LogP contribution in [-0.2, 0) is 16.0 Å². The summed E-state index contributed by atoms with van der Waals surface area (Å²) in [4.78, 5) is 33.1. The highest BCUT2D eigenvalue weighted by Gasteiger charge is 2.45. The van der Waals surface area contributed by atoms with Crippen LogP contribution in [0.15, 0.2) is 59.1 Å². The van der Waals surface area contributed by atoms with Gasteiger partial charge in [0.15, 0.2) is 12.4 Å². The Morgan fingerprint density at radius 1 is 1.05 bits per heavy atom. The maximum Gasteiger partial charge on any atom is 0.260 e. The number of fused-ring (bicyclic) bond motifs is 1. The lowest BCUT2D eigenvalue weighted by Crippen LogP contribution is -2.48. The van der Waals surface area contributed by atoms with E-state index in [-0.39, 0.29) is 42.1 Å². The van der Waals surface area contributed by atoms with Crippen LogP contribution in [0.1, 0.15) is 61.7 Å². The van der Waals surface area contributed by atoms with Gasteiger partial charge in [-0.2, -0.15) is 4.98 Å². The van der Waals surface area contributed by atoms with Crippen molar-refractivity contribution in [2.24, 2.45) is 5.92 Å². The molecule has 38 heavy (non-hydrogen) atoms. The number of carbonyl (C=O) groups excluding carboxylic acids is 2. The van der Waals surface area contributed by atoms with Gasteiger partial charge < -0.3 is 19.5 Å². The lowest BCUT2D eigenvalue weighted by molar-refractivity contribution is -0.138. The largest absolute Gasteiger partial charge is 0.484 e. The maximum absolute atomic E-state index is 13.4. The van der Waals surface area contributed by atoms with E-state index in [0.717, 1.165) is 31.2 Å². The third kappa shape index (κ3) is 6.38. The molecule has 1 saturated heterocycles. The first-order valence-electron chi connectivity index (χ1n) is 13.4. The Bertz CT molecular complexity index is 1220. The topological polar surface area (TPSA) is 97.6 Å². The number of aromatic nitrogens is 2. The van der Waals surface area contributed by atoms with Crippen LogP contribution >= 0.6 is 0 Å². The van der Waals surface area contributed by atoms with E-state index in [1.54, 1.807) is 4.90 Å². The van der Waals surface area contributed by atoms with Crippen LogP contribution in [-0.4, -0.2) is 52.6 Å². The molecule has 1 aromatic heterocycles. The molecule has 2 amide bonds. The van der Waals surface area contributed by atoms with Crippen molar-refractivity contribution in [3.8, 4) is 5.75 Å². The molecule has 9 heteroatoms. The Kier molecular flexibility index (Phi) is 8.31. The van der Waals surface area contributed by atoms with Gasteiger partial charge in [0, 0.05) is 31.5 Å². The van der Waals surface area contributed by atoms with Gasteiger partial charge in [0.1, 0.15) is 11.6 Å². The molecule has 3 aromatic rings. The molecule has 3 unspecified atom stereocenters. The van der Waals surface area contributed by atoms with Crippen molar-refractivity contribution < 1.29 is 23.2 Å². The first-order valence-corrected chi connectivity index (χ1v) is 13.4. The number of carbonyl (C=O) groups is 2. The normalized spacial score (nSPS) is 22.3. The first kappa shape index (κ1) is 25.9.